The lowest BCUT2D eigenvalue weighted by Gasteiger charge is -1.97. The molecule has 0 fully saturated rings. The summed E-state index contributed by atoms with van der Waals surface area (Å²) in [5.74, 6) is -1.55. The molecule has 3 rings (SSSR count). The molecule has 0 amide bonds. The van der Waals surface area contributed by atoms with Gasteiger partial charge in [-0.15, -0.1) is 0 Å². The van der Waals surface area contributed by atoms with Gasteiger partial charge in [-0.1, -0.05) is 30.3 Å². The number of halogens is 2. The van der Waals surface area contributed by atoms with Gasteiger partial charge in [0.25, 0.3) is 11.1 Å². The van der Waals surface area contributed by atoms with Gasteiger partial charge in [0.15, 0.2) is 0 Å². The lowest BCUT2D eigenvalue weighted by Crippen LogP contribution is -2.46. The topological polar surface area (TPSA) is 65.7 Å². The number of hydrogen-bond donors (Lipinski definition) is 2. The lowest BCUT2D eigenvalue weighted by molar-refractivity contribution is 0.581. The summed E-state index contributed by atoms with van der Waals surface area (Å²) < 4.78 is 26.6. The molecule has 2 aromatic carbocycles. The van der Waals surface area contributed by atoms with E-state index in [9.17, 15) is 18.4 Å². The van der Waals surface area contributed by atoms with Gasteiger partial charge in [0.1, 0.15) is 22.3 Å². The minimum Gasteiger partial charge on any atom is -0.316 e. The predicted molar refractivity (Wildman–Crippen MR) is 86.9 cm³/mol. The number of nitrogens with one attached hydrogen (secondary N) is 2. The van der Waals surface area contributed by atoms with E-state index in [-0.39, 0.29) is 16.3 Å². The normalized spacial score (nSPS) is 12.6. The van der Waals surface area contributed by atoms with Crippen molar-refractivity contribution in [1.82, 2.24) is 9.97 Å². The maximum Gasteiger partial charge on any atom is 0.272 e. The minimum absolute atomic E-state index is 0.00246. The monoisotopic (exact) mass is 326 g/mol. The van der Waals surface area contributed by atoms with Gasteiger partial charge in [-0.3, -0.25) is 9.59 Å². The van der Waals surface area contributed by atoms with Gasteiger partial charge < -0.3 is 9.97 Å². The highest BCUT2D eigenvalue weighted by molar-refractivity contribution is 5.49. The van der Waals surface area contributed by atoms with Crippen molar-refractivity contribution in [3.8, 4) is 0 Å². The maximum absolute atomic E-state index is 13.7. The van der Waals surface area contributed by atoms with Crippen LogP contribution in [0, 0.1) is 11.6 Å². The summed E-state index contributed by atoms with van der Waals surface area (Å²) in [5, 5.41) is -0.0290. The summed E-state index contributed by atoms with van der Waals surface area (Å²) in [4.78, 5) is 29.1. The van der Waals surface area contributed by atoms with Crippen molar-refractivity contribution in [3.05, 3.63) is 103 Å². The molecule has 2 N–H and O–H groups in total. The average molecular weight is 326 g/mol. The Kier molecular flexibility index (Phi) is 4.20. The number of benzene rings is 2. The third kappa shape index (κ3) is 3.38. The molecule has 0 aliphatic carbocycles. The molecule has 24 heavy (non-hydrogen) atoms. The lowest BCUT2D eigenvalue weighted by atomic mass is 10.2. The molecule has 3 aromatic rings. The number of aromatic amines is 2. The summed E-state index contributed by atoms with van der Waals surface area (Å²) in [6.45, 7) is 0. The van der Waals surface area contributed by atoms with E-state index in [1.54, 1.807) is 24.3 Å². The molecule has 0 atom stereocenters. The number of aromatic nitrogens is 2. The fraction of sp³-hybridized carbons (Fsp3) is 0. The van der Waals surface area contributed by atoms with Crippen LogP contribution in [0.4, 0.5) is 8.78 Å². The third-order valence-corrected chi connectivity index (χ3v) is 3.36. The first-order chi connectivity index (χ1) is 11.5. The Morgan fingerprint density at radius 2 is 1.42 bits per heavy atom. The second kappa shape index (κ2) is 6.45. The highest BCUT2D eigenvalue weighted by Crippen LogP contribution is 2.09. The van der Waals surface area contributed by atoms with Crippen LogP contribution in [0.1, 0.15) is 11.1 Å². The molecular weight excluding hydrogens is 314 g/mol. The van der Waals surface area contributed by atoms with Gasteiger partial charge in [0.05, 0.1) is 0 Å². The van der Waals surface area contributed by atoms with Gasteiger partial charge in [0, 0.05) is 11.6 Å². The summed E-state index contributed by atoms with van der Waals surface area (Å²) in [6, 6.07) is 12.0. The number of hydrogen-bond acceptors (Lipinski definition) is 2. The highest BCUT2D eigenvalue weighted by Gasteiger charge is 2.02. The molecule has 4 nitrogen and oxygen atoms in total. The predicted octanol–water partition coefficient (Wildman–Crippen LogP) is 0.999. The quantitative estimate of drug-likeness (QED) is 0.738. The largest absolute Gasteiger partial charge is 0.316 e. The molecule has 0 aliphatic heterocycles. The van der Waals surface area contributed by atoms with Crippen molar-refractivity contribution in [2.45, 2.75) is 0 Å². The first-order valence-electron chi connectivity index (χ1n) is 7.09. The average Bonchev–Trinajstić information content (AvgIpc) is 2.55. The molecule has 0 unspecified atom stereocenters. The molecule has 1 aromatic heterocycles. The molecule has 0 spiro atoms. The maximum atomic E-state index is 13.7. The van der Waals surface area contributed by atoms with E-state index in [1.165, 1.54) is 12.1 Å². The summed E-state index contributed by atoms with van der Waals surface area (Å²) in [6.07, 6.45) is 2.68. The molecule has 120 valence electrons. The molecule has 0 aliphatic rings. The SMILES string of the molecule is O=c1[nH]/c(=C\c2ccc(F)cc2F)c(=O)[nH]/c1=C\c1ccccc1. The van der Waals surface area contributed by atoms with Crippen LogP contribution < -0.4 is 21.8 Å². The van der Waals surface area contributed by atoms with Crippen LogP contribution in [-0.4, -0.2) is 9.97 Å². The highest BCUT2D eigenvalue weighted by atomic mass is 19.1. The Hall–Kier alpha value is -3.28. The summed E-state index contributed by atoms with van der Waals surface area (Å²) in [5.41, 5.74) is -0.356. The molecule has 6 heteroatoms. The van der Waals surface area contributed by atoms with Crippen molar-refractivity contribution >= 4 is 12.2 Å². The van der Waals surface area contributed by atoms with Crippen molar-refractivity contribution in [2.24, 2.45) is 0 Å². The van der Waals surface area contributed by atoms with E-state index in [0.29, 0.717) is 6.07 Å². The van der Waals surface area contributed by atoms with Gasteiger partial charge >= 0.3 is 0 Å². The first kappa shape index (κ1) is 15.6. The van der Waals surface area contributed by atoms with Crippen LogP contribution in [0.3, 0.4) is 0 Å². The molecule has 0 saturated heterocycles. The van der Waals surface area contributed by atoms with Crippen LogP contribution in [0.2, 0.25) is 0 Å². The number of H-pyrrole nitrogens is 2. The second-order valence-corrected chi connectivity index (χ2v) is 5.10. The zero-order valence-electron chi connectivity index (χ0n) is 12.3. The van der Waals surface area contributed by atoms with Gasteiger partial charge in [-0.05, 0) is 29.8 Å². The Balaban J connectivity index is 2.15. The van der Waals surface area contributed by atoms with Crippen molar-refractivity contribution < 1.29 is 8.78 Å². The van der Waals surface area contributed by atoms with Crippen LogP contribution in [-0.2, 0) is 0 Å². The van der Waals surface area contributed by atoms with Gasteiger partial charge in [-0.25, -0.2) is 8.78 Å². The molecule has 0 radical (unpaired) electrons. The van der Waals surface area contributed by atoms with Crippen LogP contribution in [0.15, 0.2) is 58.1 Å². The molecule has 1 heterocycles. The van der Waals surface area contributed by atoms with Crippen molar-refractivity contribution in [1.29, 1.82) is 0 Å². The van der Waals surface area contributed by atoms with Gasteiger partial charge in [-0.2, -0.15) is 0 Å². The summed E-state index contributed by atoms with van der Waals surface area (Å²) >= 11 is 0. The van der Waals surface area contributed by atoms with Crippen LogP contribution in [0.25, 0.3) is 12.2 Å². The fourth-order valence-corrected chi connectivity index (χ4v) is 2.19. The van der Waals surface area contributed by atoms with Crippen LogP contribution in [0.5, 0.6) is 0 Å². The van der Waals surface area contributed by atoms with Crippen molar-refractivity contribution in [3.63, 3.8) is 0 Å². The Morgan fingerprint density at radius 1 is 0.792 bits per heavy atom. The smallest absolute Gasteiger partial charge is 0.272 e. The fourth-order valence-electron chi connectivity index (χ4n) is 2.19. The van der Waals surface area contributed by atoms with E-state index < -0.39 is 22.8 Å². The zero-order valence-corrected chi connectivity index (χ0v) is 12.3. The molecular formula is C18H12F2N2O2. The summed E-state index contributed by atoms with van der Waals surface area (Å²) in [7, 11) is 0. The van der Waals surface area contributed by atoms with E-state index in [0.717, 1.165) is 17.7 Å². The van der Waals surface area contributed by atoms with E-state index in [4.69, 9.17) is 0 Å². The standard InChI is InChI=1S/C18H12F2N2O2/c19-13-7-6-12(14(20)10-13)9-16-18(24)21-15(17(23)22-16)8-11-4-2-1-3-5-11/h1-10H,(H,21,24)(H,22,23)/b15-8-,16-9-. The second-order valence-electron chi connectivity index (χ2n) is 5.10. The Bertz CT molecular complexity index is 1120. The van der Waals surface area contributed by atoms with E-state index in [2.05, 4.69) is 9.97 Å². The van der Waals surface area contributed by atoms with Crippen LogP contribution >= 0.6 is 0 Å². The molecule has 0 saturated carbocycles. The van der Waals surface area contributed by atoms with E-state index in [1.807, 2.05) is 6.07 Å². The molecule has 0 bridgehead atoms. The van der Waals surface area contributed by atoms with Gasteiger partial charge in [0.2, 0.25) is 0 Å². The van der Waals surface area contributed by atoms with Crippen molar-refractivity contribution in [2.75, 3.05) is 0 Å². The number of rotatable bonds is 2. The minimum atomic E-state index is -0.824. The zero-order chi connectivity index (χ0) is 17.1. The van der Waals surface area contributed by atoms with E-state index >= 15 is 0 Å². The Morgan fingerprint density at radius 3 is 2.04 bits per heavy atom. The third-order valence-electron chi connectivity index (χ3n) is 3.36. The Labute approximate surface area is 134 Å². The first-order valence-corrected chi connectivity index (χ1v) is 7.09.